The number of β-lactam (4-membered cyclic amide) rings is 1. The summed E-state index contributed by atoms with van der Waals surface area (Å²) in [6.45, 7) is 0. The number of phenols is 1. The van der Waals surface area contributed by atoms with Crippen LogP contribution in [0.3, 0.4) is 0 Å². The molecule has 28 heavy (non-hydrogen) atoms. The lowest BCUT2D eigenvalue weighted by molar-refractivity contribution is -0.131. The minimum atomic E-state index is -0.583. The Balaban J connectivity index is 1.55. The number of anilines is 1. The van der Waals surface area contributed by atoms with Gasteiger partial charge in [0.05, 0.1) is 18.1 Å². The van der Waals surface area contributed by atoms with Crippen LogP contribution in [0, 0.1) is 5.92 Å². The van der Waals surface area contributed by atoms with Crippen LogP contribution in [0.4, 0.5) is 5.69 Å². The van der Waals surface area contributed by atoms with Crippen molar-refractivity contribution in [1.29, 1.82) is 0 Å². The fourth-order valence-corrected chi connectivity index (χ4v) is 3.94. The number of hydrogen-bond acceptors (Lipinski definition) is 3. The molecule has 1 aliphatic heterocycles. The van der Waals surface area contributed by atoms with Crippen molar-refractivity contribution >= 4 is 11.6 Å². The first-order valence-corrected chi connectivity index (χ1v) is 9.55. The molecule has 1 fully saturated rings. The van der Waals surface area contributed by atoms with Gasteiger partial charge >= 0.3 is 0 Å². The predicted octanol–water partition coefficient (Wildman–Crippen LogP) is 4.61. The van der Waals surface area contributed by atoms with Gasteiger partial charge in [0.1, 0.15) is 5.75 Å². The van der Waals surface area contributed by atoms with Gasteiger partial charge in [0, 0.05) is 5.69 Å². The van der Waals surface area contributed by atoms with Crippen molar-refractivity contribution in [3.05, 3.63) is 96.1 Å². The number of aromatic hydroxyl groups is 1. The molecule has 1 heterocycles. The molecule has 0 aliphatic carbocycles. The second-order valence-corrected chi connectivity index (χ2v) is 7.19. The zero-order valence-electron chi connectivity index (χ0n) is 15.5. The third kappa shape index (κ3) is 3.51. The van der Waals surface area contributed by atoms with Gasteiger partial charge < -0.3 is 15.1 Å². The maximum absolute atomic E-state index is 13.0. The summed E-state index contributed by atoms with van der Waals surface area (Å²) in [7, 11) is 0. The third-order valence-corrected chi connectivity index (χ3v) is 5.42. The number of amides is 1. The highest BCUT2D eigenvalue weighted by molar-refractivity contribution is 6.03. The second kappa shape index (κ2) is 7.87. The van der Waals surface area contributed by atoms with Crippen LogP contribution in [0.1, 0.15) is 36.1 Å². The molecule has 3 aromatic carbocycles. The van der Waals surface area contributed by atoms with Gasteiger partial charge in [0.2, 0.25) is 5.91 Å². The fraction of sp³-hybridized carbons (Fsp3) is 0.208. The second-order valence-electron chi connectivity index (χ2n) is 7.19. The van der Waals surface area contributed by atoms with E-state index in [9.17, 15) is 15.0 Å². The molecular weight excluding hydrogens is 350 g/mol. The van der Waals surface area contributed by atoms with E-state index in [0.717, 1.165) is 16.8 Å². The molecule has 0 saturated carbocycles. The first-order chi connectivity index (χ1) is 13.6. The highest BCUT2D eigenvalue weighted by Crippen LogP contribution is 2.46. The van der Waals surface area contributed by atoms with Crippen molar-refractivity contribution in [3.8, 4) is 5.75 Å². The lowest BCUT2D eigenvalue weighted by Crippen LogP contribution is -2.55. The van der Waals surface area contributed by atoms with Gasteiger partial charge in [-0.1, -0.05) is 60.7 Å². The first-order valence-electron chi connectivity index (χ1n) is 9.55. The molecule has 1 aliphatic rings. The van der Waals surface area contributed by atoms with Crippen LogP contribution in [0.15, 0.2) is 84.9 Å². The molecule has 3 aromatic rings. The van der Waals surface area contributed by atoms with E-state index in [2.05, 4.69) is 0 Å². The number of aliphatic hydroxyl groups is 1. The number of rotatable bonds is 6. The van der Waals surface area contributed by atoms with E-state index in [0.29, 0.717) is 12.8 Å². The van der Waals surface area contributed by atoms with Crippen molar-refractivity contribution < 1.29 is 15.0 Å². The smallest absolute Gasteiger partial charge is 0.233 e. The first kappa shape index (κ1) is 18.3. The molecule has 4 rings (SSSR count). The fourth-order valence-electron chi connectivity index (χ4n) is 3.94. The number of hydrogen-bond donors (Lipinski definition) is 2. The summed E-state index contributed by atoms with van der Waals surface area (Å²) in [5, 5.41) is 20.1. The van der Waals surface area contributed by atoms with Crippen LogP contribution >= 0.6 is 0 Å². The minimum Gasteiger partial charge on any atom is -0.508 e. The lowest BCUT2D eigenvalue weighted by atomic mass is 9.78. The molecule has 0 bridgehead atoms. The summed E-state index contributed by atoms with van der Waals surface area (Å²) >= 11 is 0. The molecule has 3 atom stereocenters. The van der Waals surface area contributed by atoms with Gasteiger partial charge in [-0.15, -0.1) is 0 Å². The van der Waals surface area contributed by atoms with Crippen molar-refractivity contribution in [2.24, 2.45) is 5.92 Å². The highest BCUT2D eigenvalue weighted by Gasteiger charge is 2.48. The summed E-state index contributed by atoms with van der Waals surface area (Å²) in [6, 6.07) is 26.1. The van der Waals surface area contributed by atoms with E-state index in [4.69, 9.17) is 0 Å². The molecule has 4 nitrogen and oxygen atoms in total. The molecule has 0 aromatic heterocycles. The van der Waals surface area contributed by atoms with Gasteiger partial charge in [0.25, 0.3) is 0 Å². The Kier molecular flexibility index (Phi) is 5.13. The van der Waals surface area contributed by atoms with Crippen LogP contribution in [-0.4, -0.2) is 16.1 Å². The van der Waals surface area contributed by atoms with Crippen LogP contribution in [0.25, 0.3) is 0 Å². The Morgan fingerprint density at radius 1 is 0.857 bits per heavy atom. The van der Waals surface area contributed by atoms with Crippen molar-refractivity contribution in [2.45, 2.75) is 25.0 Å². The summed E-state index contributed by atoms with van der Waals surface area (Å²) in [5.41, 5.74) is 2.72. The topological polar surface area (TPSA) is 60.8 Å². The largest absolute Gasteiger partial charge is 0.508 e. The molecule has 1 amide bonds. The predicted molar refractivity (Wildman–Crippen MR) is 109 cm³/mol. The number of benzene rings is 3. The van der Waals surface area contributed by atoms with Gasteiger partial charge in [-0.25, -0.2) is 0 Å². The summed E-state index contributed by atoms with van der Waals surface area (Å²) in [4.78, 5) is 14.8. The summed E-state index contributed by atoms with van der Waals surface area (Å²) in [6.07, 6.45) is 0.543. The SMILES string of the molecule is O=C1C(CCC(O)c2ccccc2)C(c2ccc(O)cc2)N1c1ccccc1. The molecular formula is C24H23NO3. The van der Waals surface area contributed by atoms with Crippen molar-refractivity contribution in [1.82, 2.24) is 0 Å². The monoisotopic (exact) mass is 373 g/mol. The Bertz CT molecular complexity index is 925. The zero-order chi connectivity index (χ0) is 19.5. The van der Waals surface area contributed by atoms with Crippen LogP contribution in [0.5, 0.6) is 5.75 Å². The van der Waals surface area contributed by atoms with E-state index in [1.807, 2.05) is 77.7 Å². The lowest BCUT2D eigenvalue weighted by Gasteiger charge is -2.48. The molecule has 2 N–H and O–H groups in total. The van der Waals surface area contributed by atoms with Crippen molar-refractivity contribution in [3.63, 3.8) is 0 Å². The number of carbonyl (C=O) groups is 1. The third-order valence-electron chi connectivity index (χ3n) is 5.42. The Labute approximate surface area is 164 Å². The maximum Gasteiger partial charge on any atom is 0.233 e. The molecule has 1 saturated heterocycles. The van der Waals surface area contributed by atoms with Gasteiger partial charge in [-0.05, 0) is 48.2 Å². The van der Waals surface area contributed by atoms with E-state index < -0.39 is 6.10 Å². The van der Waals surface area contributed by atoms with Gasteiger partial charge in [-0.3, -0.25) is 4.79 Å². The number of carbonyl (C=O) groups excluding carboxylic acids is 1. The standard InChI is InChI=1S/C24H23NO3/c26-20-13-11-18(12-14-20)23-21(15-16-22(27)17-7-3-1-4-8-17)24(28)25(23)19-9-5-2-6-10-19/h1-14,21-23,26-27H,15-16H2. The molecule has 0 radical (unpaired) electrons. The Morgan fingerprint density at radius 3 is 2.11 bits per heavy atom. The normalized spacial score (nSPS) is 19.9. The van der Waals surface area contributed by atoms with Crippen LogP contribution in [-0.2, 0) is 4.79 Å². The van der Waals surface area contributed by atoms with Crippen molar-refractivity contribution in [2.75, 3.05) is 4.90 Å². The maximum atomic E-state index is 13.0. The highest BCUT2D eigenvalue weighted by atomic mass is 16.3. The number of nitrogens with zero attached hydrogens (tertiary/aromatic N) is 1. The summed E-state index contributed by atoms with van der Waals surface area (Å²) in [5.74, 6) is 0.0874. The zero-order valence-corrected chi connectivity index (χ0v) is 15.5. The quantitative estimate of drug-likeness (QED) is 0.620. The van der Waals surface area contributed by atoms with E-state index in [1.54, 1.807) is 12.1 Å². The number of phenolic OH excluding ortho intramolecular Hbond substituents is 1. The molecule has 4 heteroatoms. The van der Waals surface area contributed by atoms with Gasteiger partial charge in [0.15, 0.2) is 0 Å². The number of para-hydroxylation sites is 1. The van der Waals surface area contributed by atoms with Crippen LogP contribution in [0.2, 0.25) is 0 Å². The van der Waals surface area contributed by atoms with Crippen LogP contribution < -0.4 is 4.90 Å². The van der Waals surface area contributed by atoms with Gasteiger partial charge in [-0.2, -0.15) is 0 Å². The van der Waals surface area contributed by atoms with E-state index >= 15 is 0 Å². The summed E-state index contributed by atoms with van der Waals surface area (Å²) < 4.78 is 0. The average Bonchev–Trinajstić information content (AvgIpc) is 2.74. The van der Waals surface area contributed by atoms with E-state index in [1.165, 1.54) is 0 Å². The van der Waals surface area contributed by atoms with E-state index in [-0.39, 0.29) is 23.6 Å². The minimum absolute atomic E-state index is 0.0736. The molecule has 0 spiro atoms. The number of aliphatic hydroxyl groups excluding tert-OH is 1. The molecule has 3 unspecified atom stereocenters. The molecule has 142 valence electrons. The Morgan fingerprint density at radius 2 is 1.46 bits per heavy atom. The average molecular weight is 373 g/mol. The Hall–Kier alpha value is -3.11.